The van der Waals surface area contributed by atoms with Gasteiger partial charge < -0.3 is 9.32 Å². The summed E-state index contributed by atoms with van der Waals surface area (Å²) in [7, 11) is 0. The monoisotopic (exact) mass is 713 g/mol. The van der Waals surface area contributed by atoms with Gasteiger partial charge >= 0.3 is 0 Å². The van der Waals surface area contributed by atoms with Crippen molar-refractivity contribution in [2.75, 3.05) is 4.90 Å². The maximum Gasteiger partial charge on any atom is 0.137 e. The van der Waals surface area contributed by atoms with Crippen LogP contribution >= 0.6 is 0 Å². The molecular formula is C54H35NO. The molecule has 0 aliphatic rings. The number of benzene rings is 10. The number of furan rings is 1. The fourth-order valence-electron chi connectivity index (χ4n) is 8.57. The van der Waals surface area contributed by atoms with Gasteiger partial charge in [-0.25, -0.2) is 0 Å². The topological polar surface area (TPSA) is 16.4 Å². The van der Waals surface area contributed by atoms with Crippen LogP contribution in [-0.2, 0) is 0 Å². The Morgan fingerprint density at radius 1 is 0.304 bits per heavy atom. The van der Waals surface area contributed by atoms with Gasteiger partial charge in [-0.1, -0.05) is 164 Å². The molecule has 0 saturated heterocycles. The summed E-state index contributed by atoms with van der Waals surface area (Å²) in [5.74, 6) is 0. The molecule has 0 atom stereocenters. The van der Waals surface area contributed by atoms with Crippen molar-refractivity contribution >= 4 is 71.3 Å². The number of para-hydroxylation sites is 1. The molecule has 56 heavy (non-hydrogen) atoms. The number of anilines is 3. The molecule has 0 aliphatic carbocycles. The fraction of sp³-hybridized carbons (Fsp3) is 0. The molecule has 2 heteroatoms. The molecule has 0 aliphatic heterocycles. The first-order valence-corrected chi connectivity index (χ1v) is 19.2. The predicted molar refractivity (Wildman–Crippen MR) is 237 cm³/mol. The Hall–Kier alpha value is -7.42. The average Bonchev–Trinajstić information content (AvgIpc) is 3.64. The number of hydrogen-bond donors (Lipinski definition) is 0. The third-order valence-corrected chi connectivity index (χ3v) is 11.2. The van der Waals surface area contributed by atoms with Crippen molar-refractivity contribution in [2.45, 2.75) is 0 Å². The summed E-state index contributed by atoms with van der Waals surface area (Å²) in [6, 6.07) is 76.7. The zero-order valence-electron chi connectivity index (χ0n) is 30.6. The minimum absolute atomic E-state index is 0.856. The van der Waals surface area contributed by atoms with Gasteiger partial charge in [-0.05, 0) is 97.0 Å². The normalized spacial score (nSPS) is 11.6. The van der Waals surface area contributed by atoms with Crippen LogP contribution in [0.5, 0.6) is 0 Å². The van der Waals surface area contributed by atoms with E-state index in [2.05, 4.69) is 211 Å². The Kier molecular flexibility index (Phi) is 7.53. The van der Waals surface area contributed by atoms with Crippen LogP contribution < -0.4 is 4.90 Å². The highest BCUT2D eigenvalue weighted by Crippen LogP contribution is 2.49. The van der Waals surface area contributed by atoms with Crippen LogP contribution in [-0.4, -0.2) is 0 Å². The summed E-state index contributed by atoms with van der Waals surface area (Å²) in [6.45, 7) is 0. The summed E-state index contributed by atoms with van der Waals surface area (Å²) in [5.41, 5.74) is 11.9. The number of hydrogen-bond acceptors (Lipinski definition) is 2. The molecule has 262 valence electrons. The molecule has 0 fully saturated rings. The number of nitrogens with zero attached hydrogens (tertiary/aromatic N) is 1. The van der Waals surface area contributed by atoms with Crippen LogP contribution in [0.1, 0.15) is 0 Å². The van der Waals surface area contributed by atoms with Crippen molar-refractivity contribution in [3.8, 4) is 33.4 Å². The molecule has 1 heterocycles. The second-order valence-electron chi connectivity index (χ2n) is 14.5. The van der Waals surface area contributed by atoms with E-state index in [4.69, 9.17) is 4.42 Å². The van der Waals surface area contributed by atoms with Crippen LogP contribution in [0.25, 0.3) is 87.6 Å². The SMILES string of the molecule is c1ccc(-c2ccc(N(c3ccc4c(c3)oc3ccccc34)c3ccc4ccccc4c3-c3ccc4ccccc4c3)c(-c3cccc4ccccc34)c2)cc1. The molecule has 11 aromatic rings. The van der Waals surface area contributed by atoms with Gasteiger partial charge in [0.15, 0.2) is 0 Å². The van der Waals surface area contributed by atoms with Gasteiger partial charge in [-0.15, -0.1) is 0 Å². The van der Waals surface area contributed by atoms with Gasteiger partial charge in [-0.3, -0.25) is 0 Å². The molecular weight excluding hydrogens is 679 g/mol. The number of fused-ring (bicyclic) bond motifs is 6. The third-order valence-electron chi connectivity index (χ3n) is 11.2. The second-order valence-corrected chi connectivity index (χ2v) is 14.5. The predicted octanol–water partition coefficient (Wildman–Crippen LogP) is 15.5. The molecule has 11 rings (SSSR count). The van der Waals surface area contributed by atoms with Gasteiger partial charge in [0.1, 0.15) is 11.2 Å². The van der Waals surface area contributed by atoms with E-state index in [0.717, 1.165) is 50.1 Å². The fourth-order valence-corrected chi connectivity index (χ4v) is 8.57. The van der Waals surface area contributed by atoms with Gasteiger partial charge in [0.05, 0.1) is 11.4 Å². The van der Waals surface area contributed by atoms with E-state index < -0.39 is 0 Å². The Bertz CT molecular complexity index is 3260. The van der Waals surface area contributed by atoms with E-state index in [9.17, 15) is 0 Å². The zero-order chi connectivity index (χ0) is 37.0. The Balaban J connectivity index is 1.25. The highest BCUT2D eigenvalue weighted by molar-refractivity contribution is 6.11. The Morgan fingerprint density at radius 3 is 1.79 bits per heavy atom. The lowest BCUT2D eigenvalue weighted by Gasteiger charge is -2.31. The molecule has 0 amide bonds. The molecule has 0 saturated carbocycles. The first-order chi connectivity index (χ1) is 27.8. The summed E-state index contributed by atoms with van der Waals surface area (Å²) >= 11 is 0. The third kappa shape index (κ3) is 5.34. The molecule has 1 aromatic heterocycles. The average molecular weight is 714 g/mol. The van der Waals surface area contributed by atoms with Crippen molar-refractivity contribution in [3.05, 3.63) is 212 Å². The minimum Gasteiger partial charge on any atom is -0.456 e. The summed E-state index contributed by atoms with van der Waals surface area (Å²) in [6.07, 6.45) is 0. The summed E-state index contributed by atoms with van der Waals surface area (Å²) < 4.78 is 6.57. The minimum atomic E-state index is 0.856. The first-order valence-electron chi connectivity index (χ1n) is 19.2. The van der Waals surface area contributed by atoms with Gasteiger partial charge in [0.25, 0.3) is 0 Å². The quantitative estimate of drug-likeness (QED) is 0.171. The Morgan fingerprint density at radius 2 is 0.929 bits per heavy atom. The van der Waals surface area contributed by atoms with Crippen LogP contribution in [0, 0.1) is 0 Å². The number of rotatable bonds is 6. The second kappa shape index (κ2) is 13.2. The molecule has 0 bridgehead atoms. The molecule has 2 nitrogen and oxygen atoms in total. The highest BCUT2D eigenvalue weighted by atomic mass is 16.3. The van der Waals surface area contributed by atoms with E-state index in [0.29, 0.717) is 0 Å². The summed E-state index contributed by atoms with van der Waals surface area (Å²) in [5, 5.41) is 9.46. The van der Waals surface area contributed by atoms with E-state index in [1.807, 2.05) is 6.07 Å². The zero-order valence-corrected chi connectivity index (χ0v) is 30.6. The molecule has 0 spiro atoms. The van der Waals surface area contributed by atoms with E-state index >= 15 is 0 Å². The molecule has 0 N–H and O–H groups in total. The van der Waals surface area contributed by atoms with Gasteiger partial charge in [0.2, 0.25) is 0 Å². The largest absolute Gasteiger partial charge is 0.456 e. The lowest BCUT2D eigenvalue weighted by molar-refractivity contribution is 0.669. The highest BCUT2D eigenvalue weighted by Gasteiger charge is 2.24. The lowest BCUT2D eigenvalue weighted by Crippen LogP contribution is -2.13. The van der Waals surface area contributed by atoms with Gasteiger partial charge in [0, 0.05) is 33.7 Å². The first kappa shape index (κ1) is 32.0. The maximum atomic E-state index is 6.57. The smallest absolute Gasteiger partial charge is 0.137 e. The standard InChI is InChI=1S/C54H35NO/c1-2-13-36(14-3-1)41-28-31-50(49(34-41)46-23-12-19-38-16-6-8-20-44(38)46)55(43-29-30-48-47-22-10-11-24-52(47)56-53(48)35-43)51-32-27-39-17-7-9-21-45(39)54(51)42-26-25-37-15-4-5-18-40(37)33-42/h1-35H. The van der Waals surface area contributed by atoms with Crippen LogP contribution in [0.3, 0.4) is 0 Å². The van der Waals surface area contributed by atoms with Gasteiger partial charge in [-0.2, -0.15) is 0 Å². The van der Waals surface area contributed by atoms with Crippen molar-refractivity contribution in [3.63, 3.8) is 0 Å². The van der Waals surface area contributed by atoms with Crippen LogP contribution in [0.15, 0.2) is 217 Å². The van der Waals surface area contributed by atoms with E-state index in [-0.39, 0.29) is 0 Å². The lowest BCUT2D eigenvalue weighted by atomic mass is 9.91. The van der Waals surface area contributed by atoms with Crippen molar-refractivity contribution in [2.24, 2.45) is 0 Å². The molecule has 0 unspecified atom stereocenters. The van der Waals surface area contributed by atoms with Crippen molar-refractivity contribution in [1.29, 1.82) is 0 Å². The van der Waals surface area contributed by atoms with Crippen molar-refractivity contribution in [1.82, 2.24) is 0 Å². The Labute approximate surface area is 325 Å². The van der Waals surface area contributed by atoms with Crippen LogP contribution in [0.4, 0.5) is 17.1 Å². The molecule has 0 radical (unpaired) electrons. The summed E-state index contributed by atoms with van der Waals surface area (Å²) in [4.78, 5) is 2.45. The van der Waals surface area contributed by atoms with E-state index in [1.54, 1.807) is 0 Å². The van der Waals surface area contributed by atoms with Crippen LogP contribution in [0.2, 0.25) is 0 Å². The van der Waals surface area contributed by atoms with E-state index in [1.165, 1.54) is 54.6 Å². The maximum absolute atomic E-state index is 6.57. The van der Waals surface area contributed by atoms with Crippen molar-refractivity contribution < 1.29 is 4.42 Å². The molecule has 10 aromatic carbocycles.